The van der Waals surface area contributed by atoms with E-state index >= 15 is 0 Å². The second kappa shape index (κ2) is 7.43. The molecule has 1 fully saturated rings. The van der Waals surface area contributed by atoms with Crippen LogP contribution in [0.1, 0.15) is 45.2 Å². The molecule has 1 aromatic carbocycles. The highest BCUT2D eigenvalue weighted by Crippen LogP contribution is 2.31. The van der Waals surface area contributed by atoms with Crippen molar-refractivity contribution in [2.45, 2.75) is 57.7 Å². The van der Waals surface area contributed by atoms with Crippen molar-refractivity contribution in [2.75, 3.05) is 0 Å². The average molecular weight is 391 g/mol. The van der Waals surface area contributed by atoms with E-state index in [0.29, 0.717) is 18.5 Å². The zero-order valence-electron chi connectivity index (χ0n) is 16.0. The molecule has 1 saturated carbocycles. The van der Waals surface area contributed by atoms with Crippen LogP contribution in [0.4, 0.5) is 8.78 Å². The molecule has 0 atom stereocenters. The molecule has 0 bridgehead atoms. The van der Waals surface area contributed by atoms with Gasteiger partial charge < -0.3 is 10.4 Å². The summed E-state index contributed by atoms with van der Waals surface area (Å²) >= 11 is 0. The van der Waals surface area contributed by atoms with Gasteiger partial charge in [-0.15, -0.1) is 0 Å². The quantitative estimate of drug-likeness (QED) is 0.820. The first-order valence-electron chi connectivity index (χ1n) is 9.15. The van der Waals surface area contributed by atoms with Gasteiger partial charge in [-0.1, -0.05) is 26.0 Å². The summed E-state index contributed by atoms with van der Waals surface area (Å²) in [4.78, 5) is 24.7. The van der Waals surface area contributed by atoms with E-state index < -0.39 is 28.7 Å². The zero-order valence-corrected chi connectivity index (χ0v) is 16.0. The van der Waals surface area contributed by atoms with Gasteiger partial charge >= 0.3 is 0 Å². The van der Waals surface area contributed by atoms with Gasteiger partial charge in [0.1, 0.15) is 6.54 Å². The maximum atomic E-state index is 14.2. The van der Waals surface area contributed by atoms with Gasteiger partial charge in [-0.2, -0.15) is 5.10 Å². The smallest absolute Gasteiger partial charge is 0.267 e. The molecule has 1 aromatic heterocycles. The Hall–Kier alpha value is -2.61. The fourth-order valence-corrected chi connectivity index (χ4v) is 3.49. The van der Waals surface area contributed by atoms with Crippen molar-refractivity contribution in [1.29, 1.82) is 0 Å². The molecule has 8 heteroatoms. The third-order valence-corrected chi connectivity index (χ3v) is 4.85. The van der Waals surface area contributed by atoms with Gasteiger partial charge in [-0.25, -0.2) is 13.5 Å². The Morgan fingerprint density at radius 3 is 2.64 bits per heavy atom. The number of rotatable bonds is 5. The van der Waals surface area contributed by atoms with Gasteiger partial charge in [0.05, 0.1) is 11.3 Å². The highest BCUT2D eigenvalue weighted by atomic mass is 19.2. The number of carbonyl (C=O) groups excluding carboxylic acids is 1. The molecule has 1 aliphatic rings. The minimum Gasteiger partial charge on any atom is -0.390 e. The molecule has 28 heavy (non-hydrogen) atoms. The minimum atomic E-state index is -1.04. The van der Waals surface area contributed by atoms with E-state index in [1.165, 1.54) is 18.2 Å². The van der Waals surface area contributed by atoms with Gasteiger partial charge in [0.25, 0.3) is 5.56 Å². The largest absolute Gasteiger partial charge is 0.390 e. The number of benzene rings is 1. The zero-order chi connectivity index (χ0) is 20.6. The van der Waals surface area contributed by atoms with Gasteiger partial charge in [-0.3, -0.25) is 9.59 Å². The lowest BCUT2D eigenvalue weighted by atomic mass is 9.77. The summed E-state index contributed by atoms with van der Waals surface area (Å²) in [6.07, 6.45) is 0.909. The first kappa shape index (κ1) is 20.1. The van der Waals surface area contributed by atoms with Gasteiger partial charge in [-0.05, 0) is 31.7 Å². The Bertz CT molecular complexity index is 962. The van der Waals surface area contributed by atoms with Crippen molar-refractivity contribution in [3.8, 4) is 11.1 Å². The first-order valence-corrected chi connectivity index (χ1v) is 9.15. The fraction of sp³-hybridized carbons (Fsp3) is 0.450. The van der Waals surface area contributed by atoms with Crippen LogP contribution in [0.25, 0.3) is 11.1 Å². The standard InChI is InChI=1S/C20H23F2N3O3/c1-11(2)19-14(13-5-4-6-15(21)18(13)22)7-17(27)25(24-19)10-16(26)23-12-8-20(3,28)9-12/h4-7,11-12,28H,8-10H2,1-3H3,(H,23,26)/t12-,20+. The molecule has 2 aromatic rings. The van der Waals surface area contributed by atoms with Crippen molar-refractivity contribution in [3.05, 3.63) is 51.9 Å². The Kier molecular flexibility index (Phi) is 5.34. The molecule has 6 nitrogen and oxygen atoms in total. The monoisotopic (exact) mass is 391 g/mol. The number of aliphatic hydroxyl groups is 1. The average Bonchev–Trinajstić information content (AvgIpc) is 2.57. The molecule has 0 aliphatic heterocycles. The van der Waals surface area contributed by atoms with E-state index in [1.807, 2.05) is 13.8 Å². The predicted molar refractivity (Wildman–Crippen MR) is 99.7 cm³/mol. The Labute approximate surface area is 161 Å². The highest BCUT2D eigenvalue weighted by molar-refractivity contribution is 5.76. The lowest BCUT2D eigenvalue weighted by Crippen LogP contribution is -2.54. The number of hydrogen-bond donors (Lipinski definition) is 2. The normalized spacial score (nSPS) is 21.5. The number of nitrogens with one attached hydrogen (secondary N) is 1. The van der Waals surface area contributed by atoms with Crippen LogP contribution < -0.4 is 10.9 Å². The third kappa shape index (κ3) is 4.11. The van der Waals surface area contributed by atoms with Crippen LogP contribution in [0, 0.1) is 11.6 Å². The van der Waals surface area contributed by atoms with Crippen LogP contribution in [0.3, 0.4) is 0 Å². The Balaban J connectivity index is 1.88. The summed E-state index contributed by atoms with van der Waals surface area (Å²) in [5.41, 5.74) is -0.790. The molecule has 0 unspecified atom stereocenters. The van der Waals surface area contributed by atoms with Crippen LogP contribution in [-0.4, -0.2) is 32.4 Å². The second-order valence-electron chi connectivity index (χ2n) is 7.86. The summed E-state index contributed by atoms with van der Waals surface area (Å²) < 4.78 is 28.9. The fourth-order valence-electron chi connectivity index (χ4n) is 3.49. The van der Waals surface area contributed by atoms with Gasteiger partial charge in [0.2, 0.25) is 5.91 Å². The number of aromatic nitrogens is 2. The number of carbonyl (C=O) groups is 1. The van der Waals surface area contributed by atoms with E-state index in [-0.39, 0.29) is 29.6 Å². The van der Waals surface area contributed by atoms with E-state index in [0.717, 1.165) is 10.7 Å². The van der Waals surface area contributed by atoms with Crippen molar-refractivity contribution in [1.82, 2.24) is 15.1 Å². The second-order valence-corrected chi connectivity index (χ2v) is 7.86. The number of nitrogens with zero attached hydrogens (tertiary/aromatic N) is 2. The molecule has 0 saturated heterocycles. The molecule has 0 radical (unpaired) electrons. The molecule has 2 N–H and O–H groups in total. The molecular weight excluding hydrogens is 368 g/mol. The van der Waals surface area contributed by atoms with Crippen LogP contribution in [-0.2, 0) is 11.3 Å². The summed E-state index contributed by atoms with van der Waals surface area (Å²) in [7, 11) is 0. The van der Waals surface area contributed by atoms with Crippen LogP contribution in [0.2, 0.25) is 0 Å². The molecule has 1 aliphatic carbocycles. The van der Waals surface area contributed by atoms with Crippen LogP contribution >= 0.6 is 0 Å². The first-order chi connectivity index (χ1) is 13.1. The Morgan fingerprint density at radius 2 is 2.04 bits per heavy atom. The summed E-state index contributed by atoms with van der Waals surface area (Å²) in [6, 6.07) is 4.81. The van der Waals surface area contributed by atoms with Crippen LogP contribution in [0.5, 0.6) is 0 Å². The van der Waals surface area contributed by atoms with E-state index in [9.17, 15) is 23.5 Å². The lowest BCUT2D eigenvalue weighted by molar-refractivity contribution is -0.125. The molecule has 150 valence electrons. The molecule has 1 heterocycles. The molecule has 0 spiro atoms. The van der Waals surface area contributed by atoms with Crippen molar-refractivity contribution >= 4 is 5.91 Å². The topological polar surface area (TPSA) is 84.2 Å². The van der Waals surface area contributed by atoms with Gasteiger partial charge in [0.15, 0.2) is 11.6 Å². The molecule has 1 amide bonds. The number of halogens is 2. The lowest BCUT2D eigenvalue weighted by Gasteiger charge is -2.41. The van der Waals surface area contributed by atoms with Crippen LogP contribution in [0.15, 0.2) is 29.1 Å². The van der Waals surface area contributed by atoms with Crippen molar-refractivity contribution in [3.63, 3.8) is 0 Å². The van der Waals surface area contributed by atoms with E-state index in [2.05, 4.69) is 10.4 Å². The maximum Gasteiger partial charge on any atom is 0.267 e. The maximum absolute atomic E-state index is 14.2. The van der Waals surface area contributed by atoms with E-state index in [1.54, 1.807) is 6.92 Å². The summed E-state index contributed by atoms with van der Waals surface area (Å²) in [5, 5.41) is 16.7. The van der Waals surface area contributed by atoms with Gasteiger partial charge in [0, 0.05) is 23.2 Å². The Morgan fingerprint density at radius 1 is 1.36 bits per heavy atom. The van der Waals surface area contributed by atoms with Crippen molar-refractivity contribution < 1.29 is 18.7 Å². The SMILES string of the molecule is CC(C)c1nn(CC(=O)N[C@H]2C[C@@](C)(O)C2)c(=O)cc1-c1cccc(F)c1F. The number of hydrogen-bond acceptors (Lipinski definition) is 4. The minimum absolute atomic E-state index is 0.0402. The van der Waals surface area contributed by atoms with E-state index in [4.69, 9.17) is 0 Å². The number of amides is 1. The summed E-state index contributed by atoms with van der Waals surface area (Å²) in [5.74, 6) is -2.63. The highest BCUT2D eigenvalue weighted by Gasteiger charge is 2.39. The summed E-state index contributed by atoms with van der Waals surface area (Å²) in [6.45, 7) is 5.03. The molecule has 3 rings (SSSR count). The molecular formula is C20H23F2N3O3. The van der Waals surface area contributed by atoms with Crippen molar-refractivity contribution in [2.24, 2.45) is 0 Å². The predicted octanol–water partition coefficient (Wildman–Crippen LogP) is 2.34. The third-order valence-electron chi connectivity index (χ3n) is 4.85.